The van der Waals surface area contributed by atoms with Crippen LogP contribution < -0.4 is 4.84 Å². The van der Waals surface area contributed by atoms with E-state index in [1.165, 1.54) is 44.9 Å². The molecule has 1 amide bonds. The molecule has 0 aromatic heterocycles. The van der Waals surface area contributed by atoms with Gasteiger partial charge >= 0.3 is 0 Å². The molecule has 1 N–H and O–H groups in total. The van der Waals surface area contributed by atoms with Gasteiger partial charge in [0.25, 0.3) is 0 Å². The van der Waals surface area contributed by atoms with E-state index in [0.29, 0.717) is 6.42 Å². The number of carbonyl (C=O) groups is 1. The molecule has 0 radical (unpaired) electrons. The van der Waals surface area contributed by atoms with E-state index in [1.54, 1.807) is 0 Å². The summed E-state index contributed by atoms with van der Waals surface area (Å²) in [6.07, 6.45) is 12.0. The van der Waals surface area contributed by atoms with Crippen LogP contribution >= 0.6 is 11.8 Å². The van der Waals surface area contributed by atoms with Crippen LogP contribution in [-0.4, -0.2) is 5.91 Å². The summed E-state index contributed by atoms with van der Waals surface area (Å²) in [7, 11) is 0. The summed E-state index contributed by atoms with van der Waals surface area (Å²) in [6, 6.07) is 0. The Kier molecular flexibility index (Phi) is 11.6. The Morgan fingerprint density at radius 2 is 1.40 bits per heavy atom. The molecule has 0 aliphatic carbocycles. The van der Waals surface area contributed by atoms with E-state index in [4.69, 9.17) is 11.8 Å². The van der Waals surface area contributed by atoms with Gasteiger partial charge in [-0.15, -0.1) is 0 Å². The van der Waals surface area contributed by atoms with Gasteiger partial charge in [0.15, 0.2) is 0 Å². The number of hydrogen-bond acceptors (Lipinski definition) is 1. The highest BCUT2D eigenvalue weighted by atomic mass is 35.5. The maximum atomic E-state index is 10.8. The molecule has 90 valence electrons. The van der Waals surface area contributed by atoms with Gasteiger partial charge in [0.2, 0.25) is 5.91 Å². The van der Waals surface area contributed by atoms with E-state index in [-0.39, 0.29) is 5.91 Å². The Morgan fingerprint density at radius 3 is 1.87 bits per heavy atom. The predicted molar refractivity (Wildman–Crippen MR) is 65.8 cm³/mol. The second kappa shape index (κ2) is 11.8. The Balaban J connectivity index is 2.95. The van der Waals surface area contributed by atoms with E-state index >= 15 is 0 Å². The zero-order valence-corrected chi connectivity index (χ0v) is 10.6. The van der Waals surface area contributed by atoms with Crippen LogP contribution in [0.3, 0.4) is 0 Å². The van der Waals surface area contributed by atoms with Crippen molar-refractivity contribution in [2.45, 2.75) is 71.1 Å². The molecule has 2 nitrogen and oxygen atoms in total. The van der Waals surface area contributed by atoms with Crippen molar-refractivity contribution in [3.8, 4) is 0 Å². The molecule has 0 spiro atoms. The highest BCUT2D eigenvalue weighted by Crippen LogP contribution is 2.10. The zero-order valence-electron chi connectivity index (χ0n) is 9.86. The van der Waals surface area contributed by atoms with Crippen LogP contribution in [0.4, 0.5) is 0 Å². The summed E-state index contributed by atoms with van der Waals surface area (Å²) in [5, 5.41) is 0. The molecule has 0 aromatic carbocycles. The van der Waals surface area contributed by atoms with E-state index < -0.39 is 0 Å². The molecular weight excluding hydrogens is 210 g/mol. The largest absolute Gasteiger partial charge is 0.274 e. The van der Waals surface area contributed by atoms with Crippen molar-refractivity contribution in [2.75, 3.05) is 0 Å². The molecule has 0 aliphatic rings. The van der Waals surface area contributed by atoms with Gasteiger partial charge in [-0.25, -0.2) is 0 Å². The molecule has 0 aromatic rings. The first-order valence-corrected chi connectivity index (χ1v) is 6.58. The molecule has 3 heteroatoms. The molecule has 0 aliphatic heterocycles. The summed E-state index contributed by atoms with van der Waals surface area (Å²) in [5.41, 5.74) is 0. The van der Waals surface area contributed by atoms with Crippen molar-refractivity contribution < 1.29 is 4.79 Å². The van der Waals surface area contributed by atoms with Crippen LogP contribution in [0.2, 0.25) is 0 Å². The fraction of sp³-hybridized carbons (Fsp3) is 0.917. The van der Waals surface area contributed by atoms with Gasteiger partial charge in [-0.1, -0.05) is 58.3 Å². The standard InChI is InChI=1S/C12H24ClNO/c1-2-3-4-5-6-7-8-9-10-11-12(15)14-13/h2-11H2,1H3,(H,14,15). The second-order valence-corrected chi connectivity index (χ2v) is 4.29. The Morgan fingerprint density at radius 1 is 0.933 bits per heavy atom. The van der Waals surface area contributed by atoms with Crippen molar-refractivity contribution in [3.63, 3.8) is 0 Å². The Labute approximate surface area is 98.9 Å². The lowest BCUT2D eigenvalue weighted by atomic mass is 10.1. The SMILES string of the molecule is CCCCCCCCCCCC(=O)NCl. The third-order valence-corrected chi connectivity index (χ3v) is 2.82. The molecule has 0 saturated heterocycles. The minimum atomic E-state index is -0.0559. The summed E-state index contributed by atoms with van der Waals surface area (Å²) < 4.78 is 0. The molecule has 15 heavy (non-hydrogen) atoms. The highest BCUT2D eigenvalue weighted by molar-refractivity contribution is 6.21. The van der Waals surface area contributed by atoms with Gasteiger partial charge in [0.1, 0.15) is 0 Å². The van der Waals surface area contributed by atoms with Crippen molar-refractivity contribution in [3.05, 3.63) is 0 Å². The van der Waals surface area contributed by atoms with Gasteiger partial charge in [-0.3, -0.25) is 9.63 Å². The lowest BCUT2D eigenvalue weighted by Crippen LogP contribution is -2.11. The van der Waals surface area contributed by atoms with Gasteiger partial charge < -0.3 is 0 Å². The lowest BCUT2D eigenvalue weighted by Gasteiger charge is -2.01. The fourth-order valence-electron chi connectivity index (χ4n) is 1.64. The van der Waals surface area contributed by atoms with Crippen molar-refractivity contribution in [1.82, 2.24) is 4.84 Å². The minimum absolute atomic E-state index is 0.0559. The van der Waals surface area contributed by atoms with Crippen LogP contribution in [-0.2, 0) is 4.79 Å². The number of unbranched alkanes of at least 4 members (excludes halogenated alkanes) is 8. The Hall–Kier alpha value is -0.240. The smallest absolute Gasteiger partial charge is 0.234 e. The van der Waals surface area contributed by atoms with Crippen molar-refractivity contribution >= 4 is 17.7 Å². The van der Waals surface area contributed by atoms with E-state index in [2.05, 4.69) is 11.8 Å². The highest BCUT2D eigenvalue weighted by Gasteiger charge is 1.97. The van der Waals surface area contributed by atoms with Crippen LogP contribution in [0.15, 0.2) is 0 Å². The summed E-state index contributed by atoms with van der Waals surface area (Å²) >= 11 is 5.16. The van der Waals surface area contributed by atoms with Gasteiger partial charge in [0.05, 0.1) is 0 Å². The molecule has 0 saturated carbocycles. The van der Waals surface area contributed by atoms with Gasteiger partial charge in [0, 0.05) is 18.2 Å². The fourth-order valence-corrected chi connectivity index (χ4v) is 1.74. The van der Waals surface area contributed by atoms with Crippen LogP contribution in [0.1, 0.15) is 71.1 Å². The molecule has 0 rings (SSSR count). The van der Waals surface area contributed by atoms with E-state index in [0.717, 1.165) is 12.8 Å². The Bertz CT molecular complexity index is 151. The van der Waals surface area contributed by atoms with Gasteiger partial charge in [-0.2, -0.15) is 0 Å². The number of amides is 1. The molecule has 0 atom stereocenters. The third kappa shape index (κ3) is 11.7. The average Bonchev–Trinajstić information content (AvgIpc) is 2.26. The molecule has 0 unspecified atom stereocenters. The number of carbonyl (C=O) groups excluding carboxylic acids is 1. The van der Waals surface area contributed by atoms with Crippen molar-refractivity contribution in [1.29, 1.82) is 0 Å². The average molecular weight is 234 g/mol. The van der Waals surface area contributed by atoms with Gasteiger partial charge in [-0.05, 0) is 6.42 Å². The third-order valence-electron chi connectivity index (χ3n) is 2.61. The van der Waals surface area contributed by atoms with E-state index in [9.17, 15) is 4.79 Å². The first kappa shape index (κ1) is 14.8. The normalized spacial score (nSPS) is 10.3. The summed E-state index contributed by atoms with van der Waals surface area (Å²) in [6.45, 7) is 2.24. The quantitative estimate of drug-likeness (QED) is 0.445. The molecular formula is C12H24ClNO. The minimum Gasteiger partial charge on any atom is -0.274 e. The topological polar surface area (TPSA) is 29.1 Å². The summed E-state index contributed by atoms with van der Waals surface area (Å²) in [5.74, 6) is -0.0559. The lowest BCUT2D eigenvalue weighted by molar-refractivity contribution is -0.119. The molecule has 0 bridgehead atoms. The first-order valence-electron chi connectivity index (χ1n) is 6.20. The summed E-state index contributed by atoms with van der Waals surface area (Å²) in [4.78, 5) is 12.9. The number of halogens is 1. The van der Waals surface area contributed by atoms with Crippen LogP contribution in [0.5, 0.6) is 0 Å². The maximum absolute atomic E-state index is 10.8. The van der Waals surface area contributed by atoms with E-state index in [1.807, 2.05) is 0 Å². The number of rotatable bonds is 10. The molecule has 0 fully saturated rings. The first-order chi connectivity index (χ1) is 7.31. The zero-order chi connectivity index (χ0) is 11.4. The monoisotopic (exact) mass is 233 g/mol. The van der Waals surface area contributed by atoms with Crippen molar-refractivity contribution in [2.24, 2.45) is 0 Å². The predicted octanol–water partition coefficient (Wildman–Crippen LogP) is 4.18. The number of nitrogens with one attached hydrogen (secondary N) is 1. The molecule has 0 heterocycles. The number of hydrogen-bond donors (Lipinski definition) is 1. The van der Waals surface area contributed by atoms with Crippen LogP contribution in [0.25, 0.3) is 0 Å². The second-order valence-electron chi connectivity index (χ2n) is 4.10. The van der Waals surface area contributed by atoms with Crippen LogP contribution in [0, 0.1) is 0 Å². The maximum Gasteiger partial charge on any atom is 0.234 e.